The maximum atomic E-state index is 14.4. The Kier molecular flexibility index (Phi) is 4.44. The van der Waals surface area contributed by atoms with Crippen molar-refractivity contribution in [1.82, 2.24) is 19.2 Å². The Labute approximate surface area is 181 Å². The number of para-hydroxylation sites is 1. The third-order valence-electron chi connectivity index (χ3n) is 5.27. The van der Waals surface area contributed by atoms with Crippen molar-refractivity contribution in [1.29, 1.82) is 0 Å². The van der Waals surface area contributed by atoms with E-state index >= 15 is 0 Å². The molecule has 1 aliphatic heterocycles. The van der Waals surface area contributed by atoms with Crippen molar-refractivity contribution in [3.05, 3.63) is 95.7 Å². The second-order valence-electron chi connectivity index (χ2n) is 7.22. The molecule has 2 aromatic carbocycles. The van der Waals surface area contributed by atoms with Crippen molar-refractivity contribution in [2.24, 2.45) is 0 Å². The molecule has 0 unspecified atom stereocenters. The van der Waals surface area contributed by atoms with E-state index in [0.717, 1.165) is 4.90 Å². The monoisotopic (exact) mass is 429 g/mol. The number of halogens is 1. The van der Waals surface area contributed by atoms with Gasteiger partial charge >= 0.3 is 0 Å². The molecule has 2 aromatic heterocycles. The summed E-state index contributed by atoms with van der Waals surface area (Å²) in [6.07, 6.45) is 4.80. The zero-order valence-electron chi connectivity index (χ0n) is 16.8. The van der Waals surface area contributed by atoms with Crippen LogP contribution in [0.1, 0.15) is 31.1 Å². The minimum atomic E-state index is -0.499. The molecule has 0 saturated carbocycles. The van der Waals surface area contributed by atoms with Gasteiger partial charge in [-0.05, 0) is 42.5 Å². The van der Waals surface area contributed by atoms with Crippen molar-refractivity contribution in [3.8, 4) is 11.5 Å². The van der Waals surface area contributed by atoms with Gasteiger partial charge in [-0.1, -0.05) is 12.1 Å². The van der Waals surface area contributed by atoms with E-state index in [1.54, 1.807) is 53.4 Å². The van der Waals surface area contributed by atoms with Gasteiger partial charge < -0.3 is 9.88 Å². The van der Waals surface area contributed by atoms with Gasteiger partial charge in [-0.3, -0.25) is 19.3 Å². The summed E-state index contributed by atoms with van der Waals surface area (Å²) in [6, 6.07) is 14.2. The molecule has 4 aromatic rings. The van der Waals surface area contributed by atoms with Gasteiger partial charge in [0.1, 0.15) is 17.1 Å². The first-order chi connectivity index (χ1) is 15.5. The van der Waals surface area contributed by atoms with Crippen molar-refractivity contribution in [2.45, 2.75) is 0 Å². The lowest BCUT2D eigenvalue weighted by molar-refractivity contribution is 0.0692. The fraction of sp³-hybridized carbons (Fsp3) is 0.0435. The van der Waals surface area contributed by atoms with E-state index in [1.165, 1.54) is 36.1 Å². The average molecular weight is 429 g/mol. The van der Waals surface area contributed by atoms with Crippen LogP contribution in [-0.4, -0.2) is 44.0 Å². The van der Waals surface area contributed by atoms with Gasteiger partial charge in [0, 0.05) is 25.1 Å². The van der Waals surface area contributed by atoms with Gasteiger partial charge in [0.05, 0.1) is 17.3 Å². The Bertz CT molecular complexity index is 1390. The summed E-state index contributed by atoms with van der Waals surface area (Å²) in [6.45, 7) is 0. The van der Waals surface area contributed by atoms with Crippen LogP contribution in [0.3, 0.4) is 0 Å². The Morgan fingerprint density at radius 1 is 0.969 bits per heavy atom. The second kappa shape index (κ2) is 7.31. The largest absolute Gasteiger partial charge is 0.322 e. The number of carbonyl (C=O) groups is 3. The lowest BCUT2D eigenvalue weighted by Gasteiger charge is -2.12. The number of fused-ring (bicyclic) bond motifs is 1. The second-order valence-corrected chi connectivity index (χ2v) is 7.22. The van der Waals surface area contributed by atoms with Crippen molar-refractivity contribution >= 4 is 23.4 Å². The highest BCUT2D eigenvalue weighted by Crippen LogP contribution is 2.26. The molecule has 9 heteroatoms. The van der Waals surface area contributed by atoms with Crippen LogP contribution in [0, 0.1) is 5.82 Å². The molecule has 158 valence electrons. The third kappa shape index (κ3) is 2.99. The number of aromatic nitrogens is 3. The number of amides is 3. The highest BCUT2D eigenvalue weighted by molar-refractivity contribution is 6.21. The average Bonchev–Trinajstić information content (AvgIpc) is 3.51. The predicted molar refractivity (Wildman–Crippen MR) is 114 cm³/mol. The molecule has 1 N–H and O–H groups in total. The lowest BCUT2D eigenvalue weighted by atomic mass is 10.1. The maximum absolute atomic E-state index is 14.4. The molecule has 1 aliphatic rings. The maximum Gasteiger partial charge on any atom is 0.261 e. The molecule has 0 spiro atoms. The summed E-state index contributed by atoms with van der Waals surface area (Å²) >= 11 is 0. The van der Waals surface area contributed by atoms with Gasteiger partial charge in [-0.25, -0.2) is 9.07 Å². The predicted octanol–water partition coefficient (Wildman–Crippen LogP) is 3.28. The molecule has 8 nitrogen and oxygen atoms in total. The molecule has 0 saturated heterocycles. The molecule has 32 heavy (non-hydrogen) atoms. The van der Waals surface area contributed by atoms with Gasteiger partial charge in [0.25, 0.3) is 17.7 Å². The summed E-state index contributed by atoms with van der Waals surface area (Å²) in [4.78, 5) is 38.5. The van der Waals surface area contributed by atoms with Crippen LogP contribution in [-0.2, 0) is 0 Å². The molecule has 0 fully saturated rings. The minimum absolute atomic E-state index is 0.194. The summed E-state index contributed by atoms with van der Waals surface area (Å²) < 4.78 is 17.5. The number of hydrogen-bond donors (Lipinski definition) is 1. The van der Waals surface area contributed by atoms with Crippen LogP contribution in [0.5, 0.6) is 0 Å². The molecule has 0 aliphatic carbocycles. The zero-order valence-corrected chi connectivity index (χ0v) is 16.8. The smallest absolute Gasteiger partial charge is 0.261 e. The number of carbonyl (C=O) groups excluding carboxylic acids is 3. The van der Waals surface area contributed by atoms with Gasteiger partial charge in [0.2, 0.25) is 0 Å². The van der Waals surface area contributed by atoms with Crippen molar-refractivity contribution in [2.75, 3.05) is 12.4 Å². The van der Waals surface area contributed by atoms with E-state index in [9.17, 15) is 18.8 Å². The number of rotatable bonds is 4. The molecule has 3 heterocycles. The number of anilines is 1. The van der Waals surface area contributed by atoms with Gasteiger partial charge in [-0.2, -0.15) is 5.10 Å². The Hall–Kier alpha value is -4.53. The van der Waals surface area contributed by atoms with Crippen molar-refractivity contribution < 1.29 is 18.8 Å². The van der Waals surface area contributed by atoms with Gasteiger partial charge in [-0.15, -0.1) is 0 Å². The van der Waals surface area contributed by atoms with E-state index < -0.39 is 17.6 Å². The molecule has 5 rings (SSSR count). The highest BCUT2D eigenvalue weighted by Gasteiger charge is 2.33. The summed E-state index contributed by atoms with van der Waals surface area (Å²) in [5.74, 6) is -1.45. The quantitative estimate of drug-likeness (QED) is 0.504. The number of benzene rings is 2. The Balaban J connectivity index is 1.54. The summed E-state index contributed by atoms with van der Waals surface area (Å²) in [5.41, 5.74) is 1.26. The minimum Gasteiger partial charge on any atom is -0.322 e. The van der Waals surface area contributed by atoms with E-state index in [4.69, 9.17) is 0 Å². The molecular weight excluding hydrogens is 413 g/mol. The number of nitrogens with one attached hydrogen (secondary N) is 1. The highest BCUT2D eigenvalue weighted by atomic mass is 19.1. The molecule has 0 bridgehead atoms. The van der Waals surface area contributed by atoms with Crippen LogP contribution in [0.25, 0.3) is 11.5 Å². The lowest BCUT2D eigenvalue weighted by Crippen LogP contribution is -2.24. The van der Waals surface area contributed by atoms with Crippen molar-refractivity contribution in [3.63, 3.8) is 0 Å². The molecule has 0 atom stereocenters. The van der Waals surface area contributed by atoms with Gasteiger partial charge in [0.15, 0.2) is 5.82 Å². The Morgan fingerprint density at radius 2 is 1.69 bits per heavy atom. The molecule has 0 radical (unpaired) electrons. The first-order valence-electron chi connectivity index (χ1n) is 9.70. The van der Waals surface area contributed by atoms with Crippen LogP contribution >= 0.6 is 0 Å². The van der Waals surface area contributed by atoms with E-state index in [2.05, 4.69) is 10.4 Å². The summed E-state index contributed by atoms with van der Waals surface area (Å²) in [5, 5.41) is 6.98. The topological polar surface area (TPSA) is 89.2 Å². The number of hydrogen-bond acceptors (Lipinski definition) is 4. The fourth-order valence-corrected chi connectivity index (χ4v) is 3.66. The van der Waals surface area contributed by atoms with Crippen LogP contribution in [0.2, 0.25) is 0 Å². The van der Waals surface area contributed by atoms with Crippen LogP contribution < -0.4 is 5.32 Å². The molecular formula is C23H16FN5O3. The number of imide groups is 1. The first kappa shape index (κ1) is 19.4. The van der Waals surface area contributed by atoms with Crippen LogP contribution in [0.4, 0.5) is 10.1 Å². The van der Waals surface area contributed by atoms with E-state index in [-0.39, 0.29) is 28.3 Å². The standard InChI is InChI=1S/C23H16FN5O3/c1-27-22(31)15-9-8-14(12-16(15)23(27)32)26-20(30)17-13-25-29(19-7-3-2-6-18(19)24)21(17)28-10-4-5-11-28/h2-13H,1H3,(H,26,30). The first-order valence-corrected chi connectivity index (χ1v) is 9.70. The normalized spacial score (nSPS) is 12.9. The third-order valence-corrected chi connectivity index (χ3v) is 5.27. The number of nitrogens with zero attached hydrogens (tertiary/aromatic N) is 4. The summed E-state index contributed by atoms with van der Waals surface area (Å²) in [7, 11) is 1.41. The Morgan fingerprint density at radius 3 is 2.44 bits per heavy atom. The molecule has 3 amide bonds. The fourth-order valence-electron chi connectivity index (χ4n) is 3.66. The zero-order chi connectivity index (χ0) is 22.4. The van der Waals surface area contributed by atoms with E-state index in [1.807, 2.05) is 0 Å². The SMILES string of the molecule is CN1C(=O)c2ccc(NC(=O)c3cnn(-c4ccccc4F)c3-n3cccc3)cc2C1=O. The van der Waals surface area contributed by atoms with Crippen LogP contribution in [0.15, 0.2) is 73.2 Å². The van der Waals surface area contributed by atoms with E-state index in [0.29, 0.717) is 11.5 Å².